The first-order valence-corrected chi connectivity index (χ1v) is 3.40. The maximum absolute atomic E-state index is 9.17. The van der Waals surface area contributed by atoms with E-state index in [1.807, 2.05) is 0 Å². The Morgan fingerprint density at radius 3 is 2.00 bits per heavy atom. The van der Waals surface area contributed by atoms with Gasteiger partial charge in [0.1, 0.15) is 0 Å². The van der Waals surface area contributed by atoms with E-state index in [2.05, 4.69) is 13.8 Å². The van der Waals surface area contributed by atoms with Gasteiger partial charge in [-0.15, -0.1) is 0 Å². The van der Waals surface area contributed by atoms with Gasteiger partial charge in [0.25, 0.3) is 0 Å². The van der Waals surface area contributed by atoms with Gasteiger partial charge in [-0.25, -0.2) is 0 Å². The molecule has 1 N–H and O–H groups in total. The Bertz CT molecular complexity index is 70.5. The highest BCUT2D eigenvalue weighted by atomic mass is 16.3. The van der Waals surface area contributed by atoms with Gasteiger partial charge in [-0.3, -0.25) is 0 Å². The van der Waals surface area contributed by atoms with Crippen molar-refractivity contribution in [3.63, 3.8) is 0 Å². The maximum atomic E-state index is 9.17. The second-order valence-electron chi connectivity index (χ2n) is 2.98. The molecule has 8 heavy (non-hydrogen) atoms. The fourth-order valence-corrected chi connectivity index (χ4v) is 1.34. The van der Waals surface area contributed by atoms with Crippen LogP contribution in [0.1, 0.15) is 26.7 Å². The van der Waals surface area contributed by atoms with Crippen LogP contribution < -0.4 is 0 Å². The Kier molecular flexibility index (Phi) is 1.57. The fourth-order valence-electron chi connectivity index (χ4n) is 1.34. The highest BCUT2D eigenvalue weighted by molar-refractivity contribution is 4.78. The molecule has 1 fully saturated rings. The lowest BCUT2D eigenvalue weighted by Gasteiger charge is -2.10. The predicted molar refractivity (Wildman–Crippen MR) is 33.6 cm³/mol. The summed E-state index contributed by atoms with van der Waals surface area (Å²) in [6.07, 6.45) is 2.22. The summed E-state index contributed by atoms with van der Waals surface area (Å²) in [4.78, 5) is 0. The number of hydrogen-bond acceptors (Lipinski definition) is 1. The first-order valence-electron chi connectivity index (χ1n) is 3.40. The zero-order chi connectivity index (χ0) is 6.15. The predicted octanol–water partition coefficient (Wildman–Crippen LogP) is 1.41. The topological polar surface area (TPSA) is 20.2 Å². The number of aliphatic hydroxyl groups excluding tert-OH is 1. The second kappa shape index (κ2) is 2.06. The zero-order valence-electron chi connectivity index (χ0n) is 5.59. The minimum Gasteiger partial charge on any atom is -0.393 e. The molecule has 1 aliphatic carbocycles. The van der Waals surface area contributed by atoms with Crippen LogP contribution in [0, 0.1) is 11.8 Å². The summed E-state index contributed by atoms with van der Waals surface area (Å²) in [7, 11) is 0. The third kappa shape index (κ3) is 0.873. The van der Waals surface area contributed by atoms with Gasteiger partial charge in [0.15, 0.2) is 0 Å². The van der Waals surface area contributed by atoms with Crippen molar-refractivity contribution in [1.29, 1.82) is 0 Å². The minimum atomic E-state index is -0.00926. The van der Waals surface area contributed by atoms with E-state index < -0.39 is 0 Å². The number of hydrogen-bond donors (Lipinski definition) is 1. The number of rotatable bonds is 0. The Morgan fingerprint density at radius 2 is 1.88 bits per heavy atom. The zero-order valence-corrected chi connectivity index (χ0v) is 5.59. The van der Waals surface area contributed by atoms with Gasteiger partial charge < -0.3 is 5.11 Å². The summed E-state index contributed by atoms with van der Waals surface area (Å²) in [5, 5.41) is 9.17. The third-order valence-electron chi connectivity index (χ3n) is 2.42. The summed E-state index contributed by atoms with van der Waals surface area (Å²) in [5.41, 5.74) is 0. The first-order chi connectivity index (χ1) is 3.72. The van der Waals surface area contributed by atoms with Gasteiger partial charge in [0, 0.05) is 0 Å². The summed E-state index contributed by atoms with van der Waals surface area (Å²) < 4.78 is 0. The standard InChI is InChI=1S/C7H14O/c1-5-3-4-7(8)6(5)2/h5-8H,3-4H2,1-2H3/t5?,6-,7-/m0/s1. The Balaban J connectivity index is 2.44. The van der Waals surface area contributed by atoms with Crippen molar-refractivity contribution in [2.45, 2.75) is 32.8 Å². The molecule has 0 amide bonds. The summed E-state index contributed by atoms with van der Waals surface area (Å²) in [6, 6.07) is 0. The van der Waals surface area contributed by atoms with Crippen molar-refractivity contribution in [3.05, 3.63) is 0 Å². The summed E-state index contributed by atoms with van der Waals surface area (Å²) in [6.45, 7) is 4.34. The van der Waals surface area contributed by atoms with Crippen LogP contribution >= 0.6 is 0 Å². The van der Waals surface area contributed by atoms with Crippen LogP contribution in [0.3, 0.4) is 0 Å². The van der Waals surface area contributed by atoms with Crippen LogP contribution in [0.4, 0.5) is 0 Å². The SMILES string of the molecule is CC1CC[C@H](O)[C@H]1C. The van der Waals surface area contributed by atoms with Gasteiger partial charge in [-0.05, 0) is 24.7 Å². The van der Waals surface area contributed by atoms with E-state index in [0.717, 1.165) is 12.3 Å². The van der Waals surface area contributed by atoms with Crippen LogP contribution in [0.2, 0.25) is 0 Å². The molecule has 0 aromatic heterocycles. The molecule has 0 bridgehead atoms. The van der Waals surface area contributed by atoms with Crippen molar-refractivity contribution in [2.24, 2.45) is 11.8 Å². The van der Waals surface area contributed by atoms with Crippen molar-refractivity contribution >= 4 is 0 Å². The number of aliphatic hydroxyl groups is 1. The molecule has 48 valence electrons. The van der Waals surface area contributed by atoms with Crippen LogP contribution in [-0.2, 0) is 0 Å². The Morgan fingerprint density at radius 1 is 1.25 bits per heavy atom. The molecule has 1 rings (SSSR count). The smallest absolute Gasteiger partial charge is 0.0568 e. The molecule has 0 spiro atoms. The molecule has 0 aliphatic heterocycles. The van der Waals surface area contributed by atoms with Crippen molar-refractivity contribution in [3.8, 4) is 0 Å². The molecule has 3 atom stereocenters. The lowest BCUT2D eigenvalue weighted by atomic mass is 10.00. The van der Waals surface area contributed by atoms with E-state index in [0.29, 0.717) is 5.92 Å². The molecule has 0 aromatic rings. The minimum absolute atomic E-state index is 0.00926. The molecular formula is C7H14O. The van der Waals surface area contributed by atoms with Crippen LogP contribution in [0.15, 0.2) is 0 Å². The monoisotopic (exact) mass is 114 g/mol. The van der Waals surface area contributed by atoms with Crippen molar-refractivity contribution in [2.75, 3.05) is 0 Å². The van der Waals surface area contributed by atoms with E-state index in [1.165, 1.54) is 6.42 Å². The van der Waals surface area contributed by atoms with E-state index in [4.69, 9.17) is 5.11 Å². The highest BCUT2D eigenvalue weighted by Crippen LogP contribution is 2.30. The van der Waals surface area contributed by atoms with Gasteiger partial charge in [0.2, 0.25) is 0 Å². The van der Waals surface area contributed by atoms with Gasteiger partial charge in [0.05, 0.1) is 6.10 Å². The third-order valence-corrected chi connectivity index (χ3v) is 2.42. The lowest BCUT2D eigenvalue weighted by Crippen LogP contribution is -2.12. The molecule has 0 heterocycles. The van der Waals surface area contributed by atoms with Gasteiger partial charge in [-0.2, -0.15) is 0 Å². The lowest BCUT2D eigenvalue weighted by molar-refractivity contribution is 0.130. The molecule has 1 saturated carbocycles. The first kappa shape index (κ1) is 6.09. The van der Waals surface area contributed by atoms with E-state index in [9.17, 15) is 0 Å². The van der Waals surface area contributed by atoms with E-state index in [1.54, 1.807) is 0 Å². The largest absolute Gasteiger partial charge is 0.393 e. The molecular weight excluding hydrogens is 100 g/mol. The van der Waals surface area contributed by atoms with Crippen molar-refractivity contribution < 1.29 is 5.11 Å². The van der Waals surface area contributed by atoms with Gasteiger partial charge >= 0.3 is 0 Å². The summed E-state index contributed by atoms with van der Waals surface area (Å²) >= 11 is 0. The summed E-state index contributed by atoms with van der Waals surface area (Å²) in [5.74, 6) is 1.28. The molecule has 0 radical (unpaired) electrons. The van der Waals surface area contributed by atoms with Gasteiger partial charge in [-0.1, -0.05) is 13.8 Å². The average Bonchev–Trinajstić information content (AvgIpc) is 1.98. The normalized spacial score (nSPS) is 47.6. The fraction of sp³-hybridized carbons (Fsp3) is 1.00. The molecule has 1 heteroatoms. The Labute approximate surface area is 50.7 Å². The van der Waals surface area contributed by atoms with E-state index in [-0.39, 0.29) is 6.10 Å². The van der Waals surface area contributed by atoms with Crippen LogP contribution in [-0.4, -0.2) is 11.2 Å². The maximum Gasteiger partial charge on any atom is 0.0568 e. The molecule has 1 aliphatic rings. The average molecular weight is 114 g/mol. The van der Waals surface area contributed by atoms with Crippen molar-refractivity contribution in [1.82, 2.24) is 0 Å². The highest BCUT2D eigenvalue weighted by Gasteiger charge is 2.27. The molecule has 0 saturated heterocycles. The second-order valence-corrected chi connectivity index (χ2v) is 2.98. The molecule has 1 unspecified atom stereocenters. The quantitative estimate of drug-likeness (QED) is 0.505. The molecule has 1 nitrogen and oxygen atoms in total. The Hall–Kier alpha value is -0.0400. The van der Waals surface area contributed by atoms with E-state index >= 15 is 0 Å². The van der Waals surface area contributed by atoms with Crippen LogP contribution in [0.25, 0.3) is 0 Å². The molecule has 0 aromatic carbocycles. The van der Waals surface area contributed by atoms with Crippen LogP contribution in [0.5, 0.6) is 0 Å².